The molecule has 0 radical (unpaired) electrons. The zero-order valence-electron chi connectivity index (χ0n) is 16.4. The number of fused-ring (bicyclic) bond motifs is 1. The number of aryl methyl sites for hydroxylation is 1. The molecule has 7 heteroatoms. The normalized spacial score (nSPS) is 13.8. The van der Waals surface area contributed by atoms with Crippen LogP contribution in [-0.4, -0.2) is 47.7 Å². The van der Waals surface area contributed by atoms with Crippen LogP contribution in [-0.2, 0) is 9.53 Å². The minimum atomic E-state index is -1.14. The molecule has 2 aromatic rings. The van der Waals surface area contributed by atoms with Crippen LogP contribution in [0.15, 0.2) is 42.5 Å². The zero-order chi connectivity index (χ0) is 21.1. The van der Waals surface area contributed by atoms with Gasteiger partial charge in [-0.1, -0.05) is 11.6 Å². The molecule has 1 aliphatic rings. The Morgan fingerprint density at radius 2 is 1.66 bits per heavy atom. The van der Waals surface area contributed by atoms with Crippen LogP contribution in [0.5, 0.6) is 5.75 Å². The maximum absolute atomic E-state index is 12.6. The summed E-state index contributed by atoms with van der Waals surface area (Å²) in [4.78, 5) is 50.6. The number of esters is 1. The van der Waals surface area contributed by atoms with Gasteiger partial charge in [-0.05, 0) is 57.2 Å². The summed E-state index contributed by atoms with van der Waals surface area (Å²) in [5.41, 5.74) is 1.72. The molecule has 0 aromatic heterocycles. The van der Waals surface area contributed by atoms with Crippen molar-refractivity contribution < 1.29 is 28.7 Å². The molecule has 0 spiro atoms. The number of hydrogen-bond acceptors (Lipinski definition) is 6. The second-order valence-electron chi connectivity index (χ2n) is 6.69. The molecule has 0 bridgehead atoms. The molecule has 2 amide bonds. The smallest absolute Gasteiger partial charge is 0.329 e. The molecular formula is C22H21NO6. The van der Waals surface area contributed by atoms with Crippen molar-refractivity contribution in [3.63, 3.8) is 0 Å². The SMILES string of the molecule is CCOc1ccc(C(=O)COC(=O)C(C)N2C(=O)c3ccc(C)cc3C2=O)cc1. The van der Waals surface area contributed by atoms with Gasteiger partial charge < -0.3 is 9.47 Å². The number of Topliss-reactive ketones (excluding diaryl/α,β-unsaturated/α-hetero) is 1. The van der Waals surface area contributed by atoms with Crippen molar-refractivity contribution in [2.75, 3.05) is 13.2 Å². The number of ketones is 1. The van der Waals surface area contributed by atoms with Crippen molar-refractivity contribution in [3.05, 3.63) is 64.7 Å². The van der Waals surface area contributed by atoms with Crippen LogP contribution in [0.3, 0.4) is 0 Å². The van der Waals surface area contributed by atoms with Gasteiger partial charge in [-0.25, -0.2) is 4.79 Å². The molecule has 1 aliphatic heterocycles. The van der Waals surface area contributed by atoms with Crippen molar-refractivity contribution in [1.29, 1.82) is 0 Å². The Labute approximate surface area is 168 Å². The number of carbonyl (C=O) groups is 4. The van der Waals surface area contributed by atoms with Gasteiger partial charge in [0.1, 0.15) is 11.8 Å². The van der Waals surface area contributed by atoms with Crippen LogP contribution in [0, 0.1) is 6.92 Å². The maximum Gasteiger partial charge on any atom is 0.329 e. The first kappa shape index (κ1) is 20.3. The summed E-state index contributed by atoms with van der Waals surface area (Å²) in [5.74, 6) is -1.68. The van der Waals surface area contributed by atoms with E-state index in [2.05, 4.69) is 0 Å². The number of benzene rings is 2. The Bertz CT molecular complexity index is 979. The molecule has 1 atom stereocenters. The molecule has 1 unspecified atom stereocenters. The van der Waals surface area contributed by atoms with Gasteiger partial charge >= 0.3 is 5.97 Å². The second-order valence-corrected chi connectivity index (χ2v) is 6.69. The predicted molar refractivity (Wildman–Crippen MR) is 104 cm³/mol. The highest BCUT2D eigenvalue weighted by molar-refractivity contribution is 6.22. The van der Waals surface area contributed by atoms with E-state index >= 15 is 0 Å². The highest BCUT2D eigenvalue weighted by atomic mass is 16.5. The Hall–Kier alpha value is -3.48. The van der Waals surface area contributed by atoms with Gasteiger partial charge in [0.05, 0.1) is 17.7 Å². The van der Waals surface area contributed by atoms with E-state index in [4.69, 9.17) is 9.47 Å². The molecular weight excluding hydrogens is 374 g/mol. The van der Waals surface area contributed by atoms with Crippen LogP contribution < -0.4 is 4.74 Å². The first-order valence-corrected chi connectivity index (χ1v) is 9.24. The monoisotopic (exact) mass is 395 g/mol. The summed E-state index contributed by atoms with van der Waals surface area (Å²) in [6.45, 7) is 5.10. The Kier molecular flexibility index (Phi) is 5.77. The third-order valence-electron chi connectivity index (χ3n) is 4.63. The minimum Gasteiger partial charge on any atom is -0.494 e. The summed E-state index contributed by atoms with van der Waals surface area (Å²) >= 11 is 0. The molecule has 0 saturated heterocycles. The van der Waals surface area contributed by atoms with Gasteiger partial charge in [-0.3, -0.25) is 19.3 Å². The van der Waals surface area contributed by atoms with Crippen molar-refractivity contribution in [3.8, 4) is 5.75 Å². The molecule has 0 saturated carbocycles. The molecule has 0 fully saturated rings. The molecule has 0 aliphatic carbocycles. The van der Waals surface area contributed by atoms with E-state index in [9.17, 15) is 19.2 Å². The van der Waals surface area contributed by atoms with Crippen LogP contribution in [0.25, 0.3) is 0 Å². The minimum absolute atomic E-state index is 0.255. The number of hydrogen-bond donors (Lipinski definition) is 0. The number of ether oxygens (including phenoxy) is 2. The second kappa shape index (κ2) is 8.26. The van der Waals surface area contributed by atoms with Gasteiger partial charge in [0.15, 0.2) is 12.4 Å². The average molecular weight is 395 g/mol. The predicted octanol–water partition coefficient (Wildman–Crippen LogP) is 2.80. The standard InChI is InChI=1S/C22H21NO6/c1-4-28-16-8-6-15(7-9-16)19(24)12-29-22(27)14(3)23-20(25)17-10-5-13(2)11-18(17)21(23)26/h5-11,14H,4,12H2,1-3H3. The average Bonchev–Trinajstić information content (AvgIpc) is 2.95. The van der Waals surface area contributed by atoms with Gasteiger partial charge in [-0.15, -0.1) is 0 Å². The van der Waals surface area contributed by atoms with E-state index in [1.54, 1.807) is 42.5 Å². The van der Waals surface area contributed by atoms with E-state index in [1.165, 1.54) is 6.92 Å². The summed E-state index contributed by atoms with van der Waals surface area (Å²) < 4.78 is 10.4. The summed E-state index contributed by atoms with van der Waals surface area (Å²) in [6.07, 6.45) is 0. The molecule has 2 aromatic carbocycles. The summed E-state index contributed by atoms with van der Waals surface area (Å²) in [5, 5.41) is 0. The van der Waals surface area contributed by atoms with Crippen molar-refractivity contribution in [2.24, 2.45) is 0 Å². The maximum atomic E-state index is 12.6. The number of nitrogens with zero attached hydrogens (tertiary/aromatic N) is 1. The van der Waals surface area contributed by atoms with E-state index in [0.29, 0.717) is 17.9 Å². The molecule has 150 valence electrons. The highest BCUT2D eigenvalue weighted by Crippen LogP contribution is 2.26. The van der Waals surface area contributed by atoms with E-state index in [-0.39, 0.29) is 11.1 Å². The summed E-state index contributed by atoms with van der Waals surface area (Å²) in [7, 11) is 0. The van der Waals surface area contributed by atoms with Crippen LogP contribution in [0.1, 0.15) is 50.5 Å². The molecule has 7 nitrogen and oxygen atoms in total. The van der Waals surface area contributed by atoms with Gasteiger partial charge in [0, 0.05) is 5.56 Å². The number of amides is 2. The van der Waals surface area contributed by atoms with E-state index in [0.717, 1.165) is 10.5 Å². The third-order valence-corrected chi connectivity index (χ3v) is 4.63. The van der Waals surface area contributed by atoms with E-state index < -0.39 is 36.2 Å². The van der Waals surface area contributed by atoms with E-state index in [1.807, 2.05) is 13.8 Å². The third kappa shape index (κ3) is 4.03. The van der Waals surface area contributed by atoms with Crippen molar-refractivity contribution in [1.82, 2.24) is 4.90 Å². The topological polar surface area (TPSA) is 90.0 Å². The lowest BCUT2D eigenvalue weighted by atomic mass is 10.1. The lowest BCUT2D eigenvalue weighted by molar-refractivity contribution is -0.146. The lowest BCUT2D eigenvalue weighted by Crippen LogP contribution is -2.44. The lowest BCUT2D eigenvalue weighted by Gasteiger charge is -2.20. The fraction of sp³-hybridized carbons (Fsp3) is 0.273. The molecule has 29 heavy (non-hydrogen) atoms. The Morgan fingerprint density at radius 1 is 1.00 bits per heavy atom. The fourth-order valence-electron chi connectivity index (χ4n) is 3.07. The Morgan fingerprint density at radius 3 is 2.31 bits per heavy atom. The summed E-state index contributed by atoms with van der Waals surface area (Å²) in [6, 6.07) is 10.2. The number of carbonyl (C=O) groups excluding carboxylic acids is 4. The highest BCUT2D eigenvalue weighted by Gasteiger charge is 2.41. The van der Waals surface area contributed by atoms with Crippen molar-refractivity contribution in [2.45, 2.75) is 26.8 Å². The first-order chi connectivity index (χ1) is 13.8. The molecule has 1 heterocycles. The zero-order valence-corrected chi connectivity index (χ0v) is 16.4. The largest absolute Gasteiger partial charge is 0.494 e. The van der Waals surface area contributed by atoms with Gasteiger partial charge in [-0.2, -0.15) is 0 Å². The number of imide groups is 1. The Balaban J connectivity index is 1.63. The van der Waals surface area contributed by atoms with Crippen LogP contribution >= 0.6 is 0 Å². The molecule has 0 N–H and O–H groups in total. The van der Waals surface area contributed by atoms with Crippen molar-refractivity contribution >= 4 is 23.6 Å². The first-order valence-electron chi connectivity index (χ1n) is 9.24. The van der Waals surface area contributed by atoms with Gasteiger partial charge in [0.25, 0.3) is 11.8 Å². The quantitative estimate of drug-likeness (QED) is 0.407. The fourth-order valence-corrected chi connectivity index (χ4v) is 3.07. The van der Waals surface area contributed by atoms with Crippen LogP contribution in [0.2, 0.25) is 0 Å². The van der Waals surface area contributed by atoms with Crippen LogP contribution in [0.4, 0.5) is 0 Å². The number of rotatable bonds is 7. The molecule has 3 rings (SSSR count). The van der Waals surface area contributed by atoms with Gasteiger partial charge in [0.2, 0.25) is 0 Å².